The van der Waals surface area contributed by atoms with E-state index in [0.29, 0.717) is 5.92 Å². The van der Waals surface area contributed by atoms with Crippen LogP contribution < -0.4 is 0 Å². The number of likely N-dealkylation sites (tertiary alicyclic amines) is 1. The maximum atomic E-state index is 13.2. The molecule has 1 saturated heterocycles. The van der Waals surface area contributed by atoms with Crippen LogP contribution in [0.3, 0.4) is 0 Å². The minimum absolute atomic E-state index is 0.206. The highest BCUT2D eigenvalue weighted by Gasteiger charge is 2.24. The Kier molecular flexibility index (Phi) is 4.33. The molecule has 0 atom stereocenters. The standard InChI is InChI=1S/C18H18BrFN4/c19-16-11-15(20)5-4-14(16)12-23-9-6-13(7-10-23)18-22-21-17-3-1-2-8-24(17)18/h1-5,8,11,13H,6-7,9-10,12H2. The van der Waals surface area contributed by atoms with Gasteiger partial charge >= 0.3 is 0 Å². The van der Waals surface area contributed by atoms with Crippen LogP contribution in [0.15, 0.2) is 47.1 Å². The van der Waals surface area contributed by atoms with Gasteiger partial charge in [-0.2, -0.15) is 0 Å². The summed E-state index contributed by atoms with van der Waals surface area (Å²) >= 11 is 3.46. The van der Waals surface area contributed by atoms with Crippen molar-refractivity contribution in [3.63, 3.8) is 0 Å². The topological polar surface area (TPSA) is 33.4 Å². The van der Waals surface area contributed by atoms with Crippen molar-refractivity contribution in [2.24, 2.45) is 0 Å². The average molecular weight is 389 g/mol. The second kappa shape index (κ2) is 6.61. The fourth-order valence-electron chi connectivity index (χ4n) is 3.38. The Morgan fingerprint density at radius 1 is 1.12 bits per heavy atom. The molecule has 1 aromatic carbocycles. The minimum atomic E-state index is -0.206. The molecule has 2 aromatic heterocycles. The summed E-state index contributed by atoms with van der Waals surface area (Å²) in [7, 11) is 0. The Bertz CT molecular complexity index is 855. The summed E-state index contributed by atoms with van der Waals surface area (Å²) in [5, 5.41) is 8.66. The summed E-state index contributed by atoms with van der Waals surface area (Å²) in [6.07, 6.45) is 4.16. The number of pyridine rings is 1. The maximum absolute atomic E-state index is 13.2. The Labute approximate surface area is 148 Å². The lowest BCUT2D eigenvalue weighted by molar-refractivity contribution is 0.201. The van der Waals surface area contributed by atoms with E-state index in [1.807, 2.05) is 30.5 Å². The van der Waals surface area contributed by atoms with Crippen LogP contribution in [0.5, 0.6) is 0 Å². The third-order valence-electron chi connectivity index (χ3n) is 4.70. The SMILES string of the molecule is Fc1ccc(CN2CCC(c3nnc4ccccn34)CC2)c(Br)c1. The van der Waals surface area contributed by atoms with Crippen molar-refractivity contribution in [1.82, 2.24) is 19.5 Å². The van der Waals surface area contributed by atoms with Crippen molar-refractivity contribution in [2.75, 3.05) is 13.1 Å². The Morgan fingerprint density at radius 3 is 2.75 bits per heavy atom. The zero-order chi connectivity index (χ0) is 16.5. The van der Waals surface area contributed by atoms with E-state index in [4.69, 9.17) is 0 Å². The highest BCUT2D eigenvalue weighted by Crippen LogP contribution is 2.29. The third kappa shape index (κ3) is 3.08. The Balaban J connectivity index is 1.43. The molecule has 1 aliphatic heterocycles. The molecule has 3 heterocycles. The van der Waals surface area contributed by atoms with Crippen LogP contribution in [0, 0.1) is 5.82 Å². The molecule has 0 spiro atoms. The number of halogens is 2. The van der Waals surface area contributed by atoms with Gasteiger partial charge in [0.25, 0.3) is 0 Å². The predicted octanol–water partition coefficient (Wildman–Crippen LogP) is 4.01. The van der Waals surface area contributed by atoms with E-state index in [-0.39, 0.29) is 5.82 Å². The molecule has 4 rings (SSSR count). The summed E-state index contributed by atoms with van der Waals surface area (Å²) in [5.41, 5.74) is 2.04. The molecule has 0 radical (unpaired) electrons. The first-order valence-electron chi connectivity index (χ1n) is 8.16. The number of hydrogen-bond donors (Lipinski definition) is 0. The summed E-state index contributed by atoms with van der Waals surface area (Å²) in [6.45, 7) is 2.86. The van der Waals surface area contributed by atoms with Crippen LogP contribution in [0.25, 0.3) is 5.65 Å². The molecule has 0 bridgehead atoms. The highest BCUT2D eigenvalue weighted by atomic mass is 79.9. The first-order valence-corrected chi connectivity index (χ1v) is 8.96. The summed E-state index contributed by atoms with van der Waals surface area (Å²) < 4.78 is 16.1. The van der Waals surface area contributed by atoms with Gasteiger partial charge in [0.05, 0.1) is 0 Å². The van der Waals surface area contributed by atoms with Gasteiger partial charge in [-0.25, -0.2) is 4.39 Å². The average Bonchev–Trinajstić information content (AvgIpc) is 3.02. The first kappa shape index (κ1) is 15.7. The van der Waals surface area contributed by atoms with Crippen molar-refractivity contribution < 1.29 is 4.39 Å². The molecule has 6 heteroatoms. The van der Waals surface area contributed by atoms with E-state index < -0.39 is 0 Å². The molecule has 0 N–H and O–H groups in total. The molecule has 0 aliphatic carbocycles. The van der Waals surface area contributed by atoms with Gasteiger partial charge in [-0.05, 0) is 55.8 Å². The van der Waals surface area contributed by atoms with Crippen LogP contribution in [0.1, 0.15) is 30.1 Å². The molecule has 0 unspecified atom stereocenters. The van der Waals surface area contributed by atoms with Crippen molar-refractivity contribution in [3.05, 3.63) is 64.3 Å². The van der Waals surface area contributed by atoms with Crippen LogP contribution in [-0.4, -0.2) is 32.6 Å². The lowest BCUT2D eigenvalue weighted by Crippen LogP contribution is -2.33. The van der Waals surface area contributed by atoms with Crippen LogP contribution in [-0.2, 0) is 6.54 Å². The van der Waals surface area contributed by atoms with Crippen LogP contribution >= 0.6 is 15.9 Å². The largest absolute Gasteiger partial charge is 0.299 e. The Hall–Kier alpha value is -1.79. The molecule has 4 nitrogen and oxygen atoms in total. The van der Waals surface area contributed by atoms with E-state index >= 15 is 0 Å². The number of nitrogens with zero attached hydrogens (tertiary/aromatic N) is 4. The minimum Gasteiger partial charge on any atom is -0.299 e. The smallest absolute Gasteiger partial charge is 0.160 e. The molecule has 124 valence electrons. The van der Waals surface area contributed by atoms with Crippen molar-refractivity contribution in [2.45, 2.75) is 25.3 Å². The highest BCUT2D eigenvalue weighted by molar-refractivity contribution is 9.10. The van der Waals surface area contributed by atoms with Gasteiger partial charge in [0.2, 0.25) is 0 Å². The Morgan fingerprint density at radius 2 is 1.96 bits per heavy atom. The van der Waals surface area contributed by atoms with Gasteiger partial charge < -0.3 is 0 Å². The lowest BCUT2D eigenvalue weighted by Gasteiger charge is -2.31. The van der Waals surface area contributed by atoms with Gasteiger partial charge in [0, 0.05) is 23.1 Å². The zero-order valence-corrected chi connectivity index (χ0v) is 14.8. The number of benzene rings is 1. The van der Waals surface area contributed by atoms with E-state index in [1.165, 1.54) is 12.1 Å². The van der Waals surface area contributed by atoms with E-state index in [0.717, 1.165) is 54.0 Å². The molecule has 0 saturated carbocycles. The van der Waals surface area contributed by atoms with Gasteiger partial charge in [-0.1, -0.05) is 28.1 Å². The fraction of sp³-hybridized carbons (Fsp3) is 0.333. The molecule has 0 amide bonds. The molecule has 24 heavy (non-hydrogen) atoms. The number of fused-ring (bicyclic) bond motifs is 1. The summed E-state index contributed by atoms with van der Waals surface area (Å²) in [6, 6.07) is 10.9. The first-order chi connectivity index (χ1) is 11.7. The van der Waals surface area contributed by atoms with Crippen molar-refractivity contribution in [1.29, 1.82) is 0 Å². The van der Waals surface area contributed by atoms with Gasteiger partial charge in [-0.15, -0.1) is 10.2 Å². The predicted molar refractivity (Wildman–Crippen MR) is 94.3 cm³/mol. The van der Waals surface area contributed by atoms with Crippen LogP contribution in [0.4, 0.5) is 4.39 Å². The molecule has 1 fully saturated rings. The molecular formula is C18H18BrFN4. The zero-order valence-electron chi connectivity index (χ0n) is 13.2. The second-order valence-corrected chi connectivity index (χ2v) is 7.13. The third-order valence-corrected chi connectivity index (χ3v) is 5.44. The monoisotopic (exact) mass is 388 g/mol. The molecular weight excluding hydrogens is 371 g/mol. The number of rotatable bonds is 3. The van der Waals surface area contributed by atoms with Gasteiger partial charge in [0.1, 0.15) is 11.6 Å². The van der Waals surface area contributed by atoms with Gasteiger partial charge in [0.15, 0.2) is 5.65 Å². The van der Waals surface area contributed by atoms with Crippen molar-refractivity contribution in [3.8, 4) is 0 Å². The molecule has 3 aromatic rings. The van der Waals surface area contributed by atoms with Crippen molar-refractivity contribution >= 4 is 21.6 Å². The van der Waals surface area contributed by atoms with E-state index in [1.54, 1.807) is 0 Å². The number of hydrogen-bond acceptors (Lipinski definition) is 3. The van der Waals surface area contributed by atoms with E-state index in [9.17, 15) is 4.39 Å². The second-order valence-electron chi connectivity index (χ2n) is 6.27. The van der Waals surface area contributed by atoms with Gasteiger partial charge in [-0.3, -0.25) is 9.30 Å². The number of aromatic nitrogens is 3. The number of piperidine rings is 1. The maximum Gasteiger partial charge on any atom is 0.160 e. The lowest BCUT2D eigenvalue weighted by atomic mass is 9.95. The molecule has 1 aliphatic rings. The quantitative estimate of drug-likeness (QED) is 0.679. The summed E-state index contributed by atoms with van der Waals surface area (Å²) in [4.78, 5) is 2.41. The summed E-state index contributed by atoms with van der Waals surface area (Å²) in [5.74, 6) is 1.30. The normalized spacial score (nSPS) is 16.8. The van der Waals surface area contributed by atoms with Crippen LogP contribution in [0.2, 0.25) is 0 Å². The fourth-order valence-corrected chi connectivity index (χ4v) is 3.85. The van der Waals surface area contributed by atoms with E-state index in [2.05, 4.69) is 35.4 Å².